The number of halogens is 1. The van der Waals surface area contributed by atoms with Crippen LogP contribution in [-0.2, 0) is 14.8 Å². The van der Waals surface area contributed by atoms with E-state index in [0.717, 1.165) is 0 Å². The van der Waals surface area contributed by atoms with Crippen molar-refractivity contribution in [1.82, 2.24) is 4.98 Å². The summed E-state index contributed by atoms with van der Waals surface area (Å²) in [6, 6.07) is 1.52. The molecule has 1 rings (SSSR count). The highest BCUT2D eigenvalue weighted by atomic mass is 35.5. The van der Waals surface area contributed by atoms with Crippen LogP contribution in [0.3, 0.4) is 0 Å². The highest BCUT2D eigenvalue weighted by Crippen LogP contribution is 2.20. The molecular weight excluding hydrogens is 252 g/mol. The van der Waals surface area contributed by atoms with Crippen molar-refractivity contribution in [2.75, 3.05) is 24.2 Å². The van der Waals surface area contributed by atoms with Gasteiger partial charge in [0.05, 0.1) is 22.7 Å². The molecule has 5 nitrogen and oxygen atoms in total. The molecule has 0 aliphatic rings. The number of anilines is 1. The van der Waals surface area contributed by atoms with Gasteiger partial charge >= 0.3 is 0 Å². The van der Waals surface area contributed by atoms with Crippen molar-refractivity contribution >= 4 is 27.3 Å². The molecule has 0 spiro atoms. The SMILES string of the molecule is COCCCS(=O)(=O)Nc1cnccc1Cl. The highest BCUT2D eigenvalue weighted by Gasteiger charge is 2.11. The number of ether oxygens (including phenoxy) is 1. The number of methoxy groups -OCH3 is 1. The number of rotatable bonds is 6. The molecule has 16 heavy (non-hydrogen) atoms. The summed E-state index contributed by atoms with van der Waals surface area (Å²) in [7, 11) is -1.86. The van der Waals surface area contributed by atoms with Gasteiger partial charge in [0.2, 0.25) is 10.0 Å². The van der Waals surface area contributed by atoms with Crippen LogP contribution in [-0.4, -0.2) is 32.9 Å². The Bertz CT molecular complexity index is 436. The first-order valence-corrected chi connectivity index (χ1v) is 6.67. The van der Waals surface area contributed by atoms with Gasteiger partial charge in [0.1, 0.15) is 0 Å². The summed E-state index contributed by atoms with van der Waals surface area (Å²) >= 11 is 5.80. The minimum absolute atomic E-state index is 0.00787. The lowest BCUT2D eigenvalue weighted by Crippen LogP contribution is -2.18. The van der Waals surface area contributed by atoms with Crippen LogP contribution in [0.2, 0.25) is 5.02 Å². The Balaban J connectivity index is 2.63. The summed E-state index contributed by atoms with van der Waals surface area (Å²) in [5, 5.41) is 0.324. The van der Waals surface area contributed by atoms with E-state index in [1.165, 1.54) is 25.6 Å². The topological polar surface area (TPSA) is 68.3 Å². The maximum Gasteiger partial charge on any atom is 0.232 e. The van der Waals surface area contributed by atoms with E-state index in [1.807, 2.05) is 0 Å². The van der Waals surface area contributed by atoms with E-state index in [4.69, 9.17) is 16.3 Å². The molecule has 0 unspecified atom stereocenters. The van der Waals surface area contributed by atoms with Gasteiger partial charge in [-0.15, -0.1) is 0 Å². The predicted octanol–water partition coefficient (Wildman–Crippen LogP) is 1.51. The quantitative estimate of drug-likeness (QED) is 0.791. The second-order valence-electron chi connectivity index (χ2n) is 3.12. The van der Waals surface area contributed by atoms with Gasteiger partial charge in [-0.2, -0.15) is 0 Å². The van der Waals surface area contributed by atoms with Crippen LogP contribution in [0.4, 0.5) is 5.69 Å². The summed E-state index contributed by atoms with van der Waals surface area (Å²) in [5.41, 5.74) is 0.293. The molecule has 0 radical (unpaired) electrons. The van der Waals surface area contributed by atoms with Crippen molar-refractivity contribution in [1.29, 1.82) is 0 Å². The summed E-state index contributed by atoms with van der Waals surface area (Å²) in [5.74, 6) is -0.00787. The molecule has 7 heteroatoms. The lowest BCUT2D eigenvalue weighted by Gasteiger charge is -2.08. The first-order chi connectivity index (χ1) is 7.55. The van der Waals surface area contributed by atoms with E-state index in [1.54, 1.807) is 0 Å². The fraction of sp³-hybridized carbons (Fsp3) is 0.444. The standard InChI is InChI=1S/C9H13ClN2O3S/c1-15-5-2-6-16(13,14)12-9-7-11-4-3-8(9)10/h3-4,7,12H,2,5-6H2,1H3. The van der Waals surface area contributed by atoms with Gasteiger partial charge in [-0.1, -0.05) is 11.6 Å². The Morgan fingerprint density at radius 3 is 2.94 bits per heavy atom. The van der Waals surface area contributed by atoms with Crippen molar-refractivity contribution in [3.8, 4) is 0 Å². The zero-order valence-corrected chi connectivity index (χ0v) is 10.4. The molecule has 0 saturated heterocycles. The molecule has 0 aliphatic heterocycles. The number of aromatic nitrogens is 1. The minimum atomic E-state index is -3.38. The van der Waals surface area contributed by atoms with Crippen molar-refractivity contribution in [2.24, 2.45) is 0 Å². The Hall–Kier alpha value is -0.850. The summed E-state index contributed by atoms with van der Waals surface area (Å²) in [6.07, 6.45) is 3.30. The van der Waals surface area contributed by atoms with Crippen LogP contribution in [0.25, 0.3) is 0 Å². The van der Waals surface area contributed by atoms with Crippen LogP contribution < -0.4 is 4.72 Å². The Morgan fingerprint density at radius 1 is 1.56 bits per heavy atom. The lowest BCUT2D eigenvalue weighted by molar-refractivity contribution is 0.199. The molecule has 0 aliphatic carbocycles. The summed E-state index contributed by atoms with van der Waals surface area (Å²) in [4.78, 5) is 3.79. The third-order valence-corrected chi connectivity index (χ3v) is 3.48. The van der Waals surface area contributed by atoms with Crippen molar-refractivity contribution in [3.05, 3.63) is 23.5 Å². The zero-order valence-electron chi connectivity index (χ0n) is 8.81. The van der Waals surface area contributed by atoms with Gasteiger partial charge in [-0.25, -0.2) is 8.42 Å². The number of nitrogens with zero attached hydrogens (tertiary/aromatic N) is 1. The molecule has 1 aromatic heterocycles. The zero-order chi connectivity index (χ0) is 12.0. The third-order valence-electron chi connectivity index (χ3n) is 1.79. The van der Waals surface area contributed by atoms with Gasteiger partial charge in [-0.05, 0) is 12.5 Å². The molecule has 1 heterocycles. The molecule has 0 aromatic carbocycles. The molecule has 0 saturated carbocycles. The molecule has 0 fully saturated rings. The molecule has 90 valence electrons. The fourth-order valence-electron chi connectivity index (χ4n) is 1.06. The first kappa shape index (κ1) is 13.2. The normalized spacial score (nSPS) is 11.4. The van der Waals surface area contributed by atoms with Crippen LogP contribution in [0, 0.1) is 0 Å². The Kier molecular flexibility index (Phi) is 4.98. The van der Waals surface area contributed by atoms with Crippen molar-refractivity contribution in [3.63, 3.8) is 0 Å². The van der Waals surface area contributed by atoms with Gasteiger partial charge in [0.25, 0.3) is 0 Å². The predicted molar refractivity (Wildman–Crippen MR) is 63.1 cm³/mol. The third kappa shape index (κ3) is 4.34. The van der Waals surface area contributed by atoms with Crippen LogP contribution in [0.5, 0.6) is 0 Å². The van der Waals surface area contributed by atoms with E-state index < -0.39 is 10.0 Å². The van der Waals surface area contributed by atoms with Gasteiger partial charge in [0, 0.05) is 19.9 Å². The second-order valence-corrected chi connectivity index (χ2v) is 5.37. The maximum absolute atomic E-state index is 11.6. The Morgan fingerprint density at radius 2 is 2.31 bits per heavy atom. The lowest BCUT2D eigenvalue weighted by atomic mass is 10.4. The maximum atomic E-state index is 11.6. The highest BCUT2D eigenvalue weighted by molar-refractivity contribution is 7.92. The number of nitrogens with one attached hydrogen (secondary N) is 1. The molecule has 0 amide bonds. The molecular formula is C9H13ClN2O3S. The summed E-state index contributed by atoms with van der Waals surface area (Å²) < 4.78 is 30.3. The smallest absolute Gasteiger partial charge is 0.232 e. The van der Waals surface area contributed by atoms with Crippen LogP contribution in [0.15, 0.2) is 18.5 Å². The van der Waals surface area contributed by atoms with E-state index in [9.17, 15) is 8.42 Å². The van der Waals surface area contributed by atoms with Gasteiger partial charge in [-0.3, -0.25) is 9.71 Å². The van der Waals surface area contributed by atoms with E-state index in [0.29, 0.717) is 23.7 Å². The molecule has 1 N–H and O–H groups in total. The van der Waals surface area contributed by atoms with Gasteiger partial charge < -0.3 is 4.74 Å². The van der Waals surface area contributed by atoms with Crippen molar-refractivity contribution in [2.45, 2.75) is 6.42 Å². The average Bonchev–Trinajstić information content (AvgIpc) is 2.21. The second kappa shape index (κ2) is 6.03. The van der Waals surface area contributed by atoms with Crippen LogP contribution >= 0.6 is 11.6 Å². The Labute approximate surface area is 99.8 Å². The number of hydrogen-bond donors (Lipinski definition) is 1. The average molecular weight is 265 g/mol. The van der Waals surface area contributed by atoms with Gasteiger partial charge in [0.15, 0.2) is 0 Å². The van der Waals surface area contributed by atoms with Crippen molar-refractivity contribution < 1.29 is 13.2 Å². The molecule has 0 bridgehead atoms. The molecule has 1 aromatic rings. The monoisotopic (exact) mass is 264 g/mol. The number of pyridine rings is 1. The first-order valence-electron chi connectivity index (χ1n) is 4.64. The fourth-order valence-corrected chi connectivity index (χ4v) is 2.37. The van der Waals surface area contributed by atoms with E-state index in [2.05, 4.69) is 9.71 Å². The van der Waals surface area contributed by atoms with E-state index in [-0.39, 0.29) is 5.75 Å². The number of hydrogen-bond acceptors (Lipinski definition) is 4. The van der Waals surface area contributed by atoms with Crippen LogP contribution in [0.1, 0.15) is 6.42 Å². The summed E-state index contributed by atoms with van der Waals surface area (Å²) in [6.45, 7) is 0.404. The van der Waals surface area contributed by atoms with E-state index >= 15 is 0 Å². The number of sulfonamides is 1. The molecule has 0 atom stereocenters. The minimum Gasteiger partial charge on any atom is -0.385 e. The largest absolute Gasteiger partial charge is 0.385 e.